The molecule has 2 amide bonds. The lowest BCUT2D eigenvalue weighted by atomic mass is 10.0. The second-order valence-electron chi connectivity index (χ2n) is 6.39. The molecule has 0 aliphatic rings. The Bertz CT molecular complexity index is 1030. The van der Waals surface area contributed by atoms with E-state index in [1.807, 2.05) is 0 Å². The van der Waals surface area contributed by atoms with E-state index in [1.54, 1.807) is 0 Å². The van der Waals surface area contributed by atoms with Crippen LogP contribution in [0.25, 0.3) is 11.1 Å². The normalized spacial score (nSPS) is 11.4. The topological polar surface area (TPSA) is 102 Å². The van der Waals surface area contributed by atoms with E-state index in [-0.39, 0.29) is 28.2 Å². The van der Waals surface area contributed by atoms with Crippen molar-refractivity contribution in [1.82, 2.24) is 10.6 Å². The lowest BCUT2D eigenvalue weighted by Gasteiger charge is -2.16. The first-order chi connectivity index (χ1) is 14.6. The zero-order chi connectivity index (χ0) is 23.1. The fourth-order valence-electron chi connectivity index (χ4n) is 2.66. The van der Waals surface area contributed by atoms with Crippen LogP contribution in [0, 0.1) is 11.6 Å². The predicted octanol–water partition coefficient (Wildman–Crippen LogP) is 2.68. The second kappa shape index (κ2) is 10.7. The number of ether oxygens (including phenoxy) is 1. The number of hydrogen-bond acceptors (Lipinski definition) is 6. The van der Waals surface area contributed by atoms with Gasteiger partial charge in [0.25, 0.3) is 0 Å². The number of benzene rings is 2. The standard InChI is InChI=1S/C21H20F2N2O5S/c1-11(26)25-18(20(28)24-3)10-31-21(29)16-8-13(4-7-19(16)30-12(2)27)15-6-5-14(22)9-17(15)23/h4-9,18H,10H2,1-3H3,(H,24,28)(H,25,26)/t18-/m0/s1. The van der Waals surface area contributed by atoms with Gasteiger partial charge in [-0.3, -0.25) is 19.2 Å². The van der Waals surface area contributed by atoms with Crippen molar-refractivity contribution in [2.24, 2.45) is 0 Å². The van der Waals surface area contributed by atoms with Gasteiger partial charge < -0.3 is 15.4 Å². The van der Waals surface area contributed by atoms with Gasteiger partial charge in [0.05, 0.1) is 5.56 Å². The number of nitrogens with one attached hydrogen (secondary N) is 2. The number of hydrogen-bond donors (Lipinski definition) is 2. The summed E-state index contributed by atoms with van der Waals surface area (Å²) in [6.07, 6.45) is 0. The number of halogens is 2. The monoisotopic (exact) mass is 450 g/mol. The molecule has 0 unspecified atom stereocenters. The van der Waals surface area contributed by atoms with E-state index < -0.39 is 40.6 Å². The third-order valence-corrected chi connectivity index (χ3v) is 5.00. The Morgan fingerprint density at radius 1 is 1.06 bits per heavy atom. The molecule has 7 nitrogen and oxygen atoms in total. The van der Waals surface area contributed by atoms with Gasteiger partial charge in [-0.05, 0) is 29.8 Å². The molecule has 0 aromatic heterocycles. The van der Waals surface area contributed by atoms with Crippen molar-refractivity contribution in [3.05, 3.63) is 53.6 Å². The maximum absolute atomic E-state index is 14.2. The van der Waals surface area contributed by atoms with Gasteiger partial charge in [0.15, 0.2) is 0 Å². The van der Waals surface area contributed by atoms with Crippen molar-refractivity contribution in [1.29, 1.82) is 0 Å². The van der Waals surface area contributed by atoms with Crippen molar-refractivity contribution in [3.63, 3.8) is 0 Å². The minimum Gasteiger partial charge on any atom is -0.426 e. The SMILES string of the molecule is CNC(=O)[C@H](CSC(=O)c1cc(-c2ccc(F)cc2F)ccc1OC(C)=O)NC(C)=O. The van der Waals surface area contributed by atoms with E-state index in [0.29, 0.717) is 17.8 Å². The van der Waals surface area contributed by atoms with Gasteiger partial charge in [-0.15, -0.1) is 0 Å². The highest BCUT2D eigenvalue weighted by Gasteiger charge is 2.23. The number of carbonyl (C=O) groups excluding carboxylic acids is 4. The zero-order valence-corrected chi connectivity index (χ0v) is 17.8. The van der Waals surface area contributed by atoms with Crippen LogP contribution in [-0.2, 0) is 14.4 Å². The molecule has 2 rings (SSSR count). The first-order valence-electron chi connectivity index (χ1n) is 9.06. The second-order valence-corrected chi connectivity index (χ2v) is 7.39. The molecule has 0 bridgehead atoms. The maximum Gasteiger partial charge on any atom is 0.308 e. The summed E-state index contributed by atoms with van der Waals surface area (Å²) >= 11 is 0.716. The van der Waals surface area contributed by atoms with E-state index in [2.05, 4.69) is 10.6 Å². The summed E-state index contributed by atoms with van der Waals surface area (Å²) in [5, 5.41) is 4.26. The van der Waals surface area contributed by atoms with E-state index in [0.717, 1.165) is 13.0 Å². The number of carbonyl (C=O) groups is 4. The summed E-state index contributed by atoms with van der Waals surface area (Å²) in [5.41, 5.74) is 0.276. The minimum absolute atomic E-state index is 0.0418. The molecule has 0 saturated heterocycles. The molecule has 0 aliphatic heterocycles. The summed E-state index contributed by atoms with van der Waals surface area (Å²) in [4.78, 5) is 47.5. The van der Waals surface area contributed by atoms with Crippen molar-refractivity contribution in [2.75, 3.05) is 12.8 Å². The van der Waals surface area contributed by atoms with Crippen LogP contribution < -0.4 is 15.4 Å². The van der Waals surface area contributed by atoms with Gasteiger partial charge >= 0.3 is 5.97 Å². The molecule has 10 heteroatoms. The first kappa shape index (κ1) is 24.0. The number of esters is 1. The van der Waals surface area contributed by atoms with Crippen molar-refractivity contribution in [3.8, 4) is 16.9 Å². The molecule has 31 heavy (non-hydrogen) atoms. The molecular formula is C21H20F2N2O5S. The highest BCUT2D eigenvalue weighted by atomic mass is 32.2. The average molecular weight is 450 g/mol. The molecule has 0 heterocycles. The van der Waals surface area contributed by atoms with Crippen LogP contribution in [0.3, 0.4) is 0 Å². The summed E-state index contributed by atoms with van der Waals surface area (Å²) in [5.74, 6) is -3.31. The molecule has 164 valence electrons. The third kappa shape index (κ3) is 6.61. The Hall–Kier alpha value is -3.27. The largest absolute Gasteiger partial charge is 0.426 e. The van der Waals surface area contributed by atoms with Crippen molar-refractivity contribution >= 4 is 34.7 Å². The Morgan fingerprint density at radius 3 is 2.35 bits per heavy atom. The van der Waals surface area contributed by atoms with Gasteiger partial charge in [0, 0.05) is 38.3 Å². The number of amides is 2. The molecule has 0 fully saturated rings. The zero-order valence-electron chi connectivity index (χ0n) is 17.0. The highest BCUT2D eigenvalue weighted by Crippen LogP contribution is 2.31. The first-order valence-corrected chi connectivity index (χ1v) is 10.0. The molecule has 2 aromatic carbocycles. The molecule has 2 aromatic rings. The lowest BCUT2D eigenvalue weighted by molar-refractivity contribution is -0.132. The van der Waals surface area contributed by atoms with Gasteiger partial charge in [-0.2, -0.15) is 0 Å². The van der Waals surface area contributed by atoms with Crippen molar-refractivity contribution < 1.29 is 32.7 Å². The lowest BCUT2D eigenvalue weighted by Crippen LogP contribution is -2.46. The Labute approximate surface area is 181 Å². The molecule has 2 N–H and O–H groups in total. The fraction of sp³-hybridized carbons (Fsp3) is 0.238. The smallest absolute Gasteiger partial charge is 0.308 e. The average Bonchev–Trinajstić information content (AvgIpc) is 2.70. The van der Waals surface area contributed by atoms with E-state index in [1.165, 1.54) is 38.2 Å². The molecule has 0 saturated carbocycles. The van der Waals surface area contributed by atoms with Crippen LogP contribution in [-0.4, -0.2) is 41.7 Å². The Kier molecular flexibility index (Phi) is 8.26. The van der Waals surface area contributed by atoms with E-state index in [9.17, 15) is 28.0 Å². The van der Waals surface area contributed by atoms with Crippen LogP contribution in [0.15, 0.2) is 36.4 Å². The quantitative estimate of drug-likeness (QED) is 0.497. The van der Waals surface area contributed by atoms with Crippen LogP contribution in [0.1, 0.15) is 24.2 Å². The summed E-state index contributed by atoms with van der Waals surface area (Å²) in [6.45, 7) is 2.40. The number of rotatable bonds is 7. The predicted molar refractivity (Wildman–Crippen MR) is 112 cm³/mol. The van der Waals surface area contributed by atoms with Gasteiger partial charge in [0.1, 0.15) is 23.4 Å². The van der Waals surface area contributed by atoms with Crippen molar-refractivity contribution in [2.45, 2.75) is 19.9 Å². The fourth-order valence-corrected chi connectivity index (χ4v) is 3.53. The summed E-state index contributed by atoms with van der Waals surface area (Å²) in [7, 11) is 1.39. The third-order valence-electron chi connectivity index (χ3n) is 4.02. The van der Waals surface area contributed by atoms with Gasteiger partial charge in [0.2, 0.25) is 16.9 Å². The Morgan fingerprint density at radius 2 is 1.77 bits per heavy atom. The summed E-state index contributed by atoms with van der Waals surface area (Å²) < 4.78 is 32.5. The van der Waals surface area contributed by atoms with Crippen LogP contribution in [0.2, 0.25) is 0 Å². The Balaban J connectivity index is 2.36. The maximum atomic E-state index is 14.2. The molecular weight excluding hydrogens is 430 g/mol. The van der Waals surface area contributed by atoms with Gasteiger partial charge in [-0.25, -0.2) is 8.78 Å². The molecule has 0 spiro atoms. The van der Waals surface area contributed by atoms with Crippen LogP contribution in [0.5, 0.6) is 5.75 Å². The molecule has 0 aliphatic carbocycles. The van der Waals surface area contributed by atoms with E-state index in [4.69, 9.17) is 4.74 Å². The van der Waals surface area contributed by atoms with Crippen LogP contribution >= 0.6 is 11.8 Å². The van der Waals surface area contributed by atoms with Gasteiger partial charge in [-0.1, -0.05) is 17.8 Å². The highest BCUT2D eigenvalue weighted by molar-refractivity contribution is 8.14. The van der Waals surface area contributed by atoms with Crippen LogP contribution in [0.4, 0.5) is 8.78 Å². The van der Waals surface area contributed by atoms with E-state index >= 15 is 0 Å². The number of likely N-dealkylation sites (N-methyl/N-ethyl adjacent to an activating group) is 1. The summed E-state index contributed by atoms with van der Waals surface area (Å²) in [6, 6.07) is 6.13. The minimum atomic E-state index is -0.966. The molecule has 0 radical (unpaired) electrons. The molecule has 1 atom stereocenters. The number of thioether (sulfide) groups is 1.